The number of ketones is 2. The quantitative estimate of drug-likeness (QED) is 0.578. The highest BCUT2D eigenvalue weighted by Gasteiger charge is 2.19. The molecule has 16 heavy (non-hydrogen) atoms. The van der Waals surface area contributed by atoms with Crippen LogP contribution in [0.25, 0.3) is 0 Å². The summed E-state index contributed by atoms with van der Waals surface area (Å²) in [6.45, 7) is 1.25. The van der Waals surface area contributed by atoms with E-state index in [4.69, 9.17) is 10.8 Å². The van der Waals surface area contributed by atoms with Gasteiger partial charge in [-0.15, -0.1) is 0 Å². The Morgan fingerprint density at radius 3 is 2.12 bits per heavy atom. The predicted octanol–water partition coefficient (Wildman–Crippen LogP) is -0.333. The fraction of sp³-hybridized carbons (Fsp3) is 0.400. The molecule has 1 amide bonds. The topological polar surface area (TPSA) is 115 Å². The highest BCUT2D eigenvalue weighted by atomic mass is 16.4. The van der Waals surface area contributed by atoms with Crippen molar-refractivity contribution in [3.63, 3.8) is 0 Å². The molecule has 0 heterocycles. The molecule has 6 heteroatoms. The van der Waals surface area contributed by atoms with Crippen LogP contribution >= 0.6 is 0 Å². The maximum atomic E-state index is 11.2. The smallest absolute Gasteiger partial charge is 0.328 e. The predicted molar refractivity (Wildman–Crippen MR) is 54.4 cm³/mol. The molecule has 0 bridgehead atoms. The third kappa shape index (κ3) is 6.47. The number of carboxylic acid groups (broad SMARTS) is 1. The van der Waals surface area contributed by atoms with Crippen molar-refractivity contribution in [3.8, 4) is 0 Å². The molecule has 0 aromatic rings. The van der Waals surface area contributed by atoms with Crippen molar-refractivity contribution in [2.45, 2.75) is 19.8 Å². The number of nitrogens with two attached hydrogens (primary N) is 1. The molecule has 6 nitrogen and oxygen atoms in total. The Hall–Kier alpha value is -1.98. The second-order valence-corrected chi connectivity index (χ2v) is 3.32. The Morgan fingerprint density at radius 2 is 1.75 bits per heavy atom. The van der Waals surface area contributed by atoms with Crippen LogP contribution in [-0.2, 0) is 19.2 Å². The van der Waals surface area contributed by atoms with Crippen LogP contribution in [0.3, 0.4) is 0 Å². The van der Waals surface area contributed by atoms with Gasteiger partial charge in [-0.3, -0.25) is 14.4 Å². The molecule has 1 unspecified atom stereocenters. The number of primary amides is 1. The molecule has 1 atom stereocenters. The number of amides is 1. The zero-order valence-corrected chi connectivity index (χ0v) is 8.80. The first kappa shape index (κ1) is 14.0. The van der Waals surface area contributed by atoms with E-state index in [1.807, 2.05) is 0 Å². The summed E-state index contributed by atoms with van der Waals surface area (Å²) in [7, 11) is 0. The van der Waals surface area contributed by atoms with Gasteiger partial charge in [-0.05, 0) is 13.0 Å². The average molecular weight is 227 g/mol. The lowest BCUT2D eigenvalue weighted by Crippen LogP contribution is -2.23. The van der Waals surface area contributed by atoms with E-state index >= 15 is 0 Å². The largest absolute Gasteiger partial charge is 0.478 e. The van der Waals surface area contributed by atoms with E-state index < -0.39 is 23.6 Å². The monoisotopic (exact) mass is 227 g/mol. The molecule has 0 radical (unpaired) electrons. The van der Waals surface area contributed by atoms with E-state index in [-0.39, 0.29) is 18.6 Å². The minimum atomic E-state index is -1.25. The Labute approximate surface area is 92.1 Å². The zero-order valence-electron chi connectivity index (χ0n) is 8.80. The Bertz CT molecular complexity index is 345. The fourth-order valence-electron chi connectivity index (χ4n) is 1.08. The molecule has 0 saturated carbocycles. The van der Waals surface area contributed by atoms with Gasteiger partial charge in [0, 0.05) is 24.8 Å². The fourth-order valence-corrected chi connectivity index (χ4v) is 1.08. The normalized spacial score (nSPS) is 12.3. The average Bonchev–Trinajstić information content (AvgIpc) is 2.12. The van der Waals surface area contributed by atoms with Gasteiger partial charge in [0.15, 0.2) is 5.78 Å². The zero-order chi connectivity index (χ0) is 12.7. The van der Waals surface area contributed by atoms with Crippen LogP contribution in [0, 0.1) is 5.92 Å². The van der Waals surface area contributed by atoms with E-state index in [0.717, 1.165) is 6.08 Å². The molecule has 0 aromatic heterocycles. The standard InChI is InChI=1S/C10H13NO5/c1-6(12)7(5-9(11)14)4-8(13)2-3-10(15)16/h2-3,7H,4-5H2,1H3,(H2,11,14)(H,15,16)/b3-2+. The number of allylic oxidation sites excluding steroid dienone is 1. The van der Waals surface area contributed by atoms with Gasteiger partial charge in [0.25, 0.3) is 0 Å². The lowest BCUT2D eigenvalue weighted by molar-refractivity contribution is -0.131. The summed E-state index contributed by atoms with van der Waals surface area (Å²) >= 11 is 0. The molecule has 0 fully saturated rings. The molecular formula is C10H13NO5. The van der Waals surface area contributed by atoms with Crippen LogP contribution in [-0.4, -0.2) is 28.5 Å². The number of carbonyl (C=O) groups excluding carboxylic acids is 3. The molecule has 0 aromatic carbocycles. The summed E-state index contributed by atoms with van der Waals surface area (Å²) in [5, 5.41) is 8.27. The van der Waals surface area contributed by atoms with Crippen LogP contribution in [0.2, 0.25) is 0 Å². The van der Waals surface area contributed by atoms with Crippen LogP contribution in [0.1, 0.15) is 19.8 Å². The second-order valence-electron chi connectivity index (χ2n) is 3.32. The van der Waals surface area contributed by atoms with Crippen LogP contribution in [0.15, 0.2) is 12.2 Å². The van der Waals surface area contributed by atoms with Crippen molar-refractivity contribution in [3.05, 3.63) is 12.2 Å². The van der Waals surface area contributed by atoms with Gasteiger partial charge < -0.3 is 10.8 Å². The van der Waals surface area contributed by atoms with Gasteiger partial charge in [-0.1, -0.05) is 0 Å². The molecule has 0 spiro atoms. The number of carbonyl (C=O) groups is 4. The number of carboxylic acids is 1. The summed E-state index contributed by atoms with van der Waals surface area (Å²) in [5.74, 6) is -3.54. The van der Waals surface area contributed by atoms with Crippen molar-refractivity contribution in [1.29, 1.82) is 0 Å². The van der Waals surface area contributed by atoms with Crippen molar-refractivity contribution in [2.75, 3.05) is 0 Å². The molecular weight excluding hydrogens is 214 g/mol. The maximum Gasteiger partial charge on any atom is 0.328 e. The summed E-state index contributed by atoms with van der Waals surface area (Å²) < 4.78 is 0. The van der Waals surface area contributed by atoms with E-state index in [1.54, 1.807) is 0 Å². The van der Waals surface area contributed by atoms with Crippen molar-refractivity contribution < 1.29 is 24.3 Å². The van der Waals surface area contributed by atoms with Gasteiger partial charge in [0.05, 0.1) is 0 Å². The first-order chi connectivity index (χ1) is 7.32. The summed E-state index contributed by atoms with van der Waals surface area (Å²) in [6.07, 6.45) is 1.13. The van der Waals surface area contributed by atoms with Gasteiger partial charge in [-0.2, -0.15) is 0 Å². The van der Waals surface area contributed by atoms with Crippen LogP contribution < -0.4 is 5.73 Å². The number of Topliss-reactive ketones (excluding diaryl/α,β-unsaturated/α-hetero) is 1. The van der Waals surface area contributed by atoms with Gasteiger partial charge in [0.2, 0.25) is 5.91 Å². The van der Waals surface area contributed by atoms with Crippen LogP contribution in [0.4, 0.5) is 0 Å². The third-order valence-corrected chi connectivity index (χ3v) is 1.88. The van der Waals surface area contributed by atoms with E-state index in [9.17, 15) is 19.2 Å². The summed E-state index contributed by atoms with van der Waals surface area (Å²) in [5.41, 5.74) is 4.91. The molecule has 0 rings (SSSR count). The lowest BCUT2D eigenvalue weighted by atomic mass is 9.94. The highest BCUT2D eigenvalue weighted by molar-refractivity contribution is 5.98. The minimum absolute atomic E-state index is 0.206. The highest BCUT2D eigenvalue weighted by Crippen LogP contribution is 2.10. The Kier molecular flexibility index (Phi) is 5.69. The number of rotatable bonds is 7. The van der Waals surface area contributed by atoms with Crippen molar-refractivity contribution in [2.24, 2.45) is 11.7 Å². The molecule has 0 aliphatic carbocycles. The molecule has 3 N–H and O–H groups in total. The van der Waals surface area contributed by atoms with Crippen LogP contribution in [0.5, 0.6) is 0 Å². The van der Waals surface area contributed by atoms with E-state index in [1.165, 1.54) is 6.92 Å². The maximum absolute atomic E-state index is 11.2. The van der Waals surface area contributed by atoms with Gasteiger partial charge in [-0.25, -0.2) is 4.79 Å². The van der Waals surface area contributed by atoms with E-state index in [0.29, 0.717) is 6.08 Å². The first-order valence-corrected chi connectivity index (χ1v) is 4.55. The molecule has 0 saturated heterocycles. The molecule has 88 valence electrons. The third-order valence-electron chi connectivity index (χ3n) is 1.88. The Morgan fingerprint density at radius 1 is 1.19 bits per heavy atom. The summed E-state index contributed by atoms with van der Waals surface area (Å²) in [6, 6.07) is 0. The van der Waals surface area contributed by atoms with E-state index in [2.05, 4.69) is 0 Å². The van der Waals surface area contributed by atoms with Gasteiger partial charge >= 0.3 is 5.97 Å². The number of aliphatic carboxylic acids is 1. The van der Waals surface area contributed by atoms with Crippen molar-refractivity contribution in [1.82, 2.24) is 0 Å². The lowest BCUT2D eigenvalue weighted by Gasteiger charge is -2.08. The first-order valence-electron chi connectivity index (χ1n) is 4.55. The summed E-state index contributed by atoms with van der Waals surface area (Å²) in [4.78, 5) is 43.0. The number of hydrogen-bond donors (Lipinski definition) is 2. The minimum Gasteiger partial charge on any atom is -0.478 e. The van der Waals surface area contributed by atoms with Gasteiger partial charge in [0.1, 0.15) is 5.78 Å². The van der Waals surface area contributed by atoms with Crippen molar-refractivity contribution >= 4 is 23.4 Å². The SMILES string of the molecule is CC(=O)C(CC(N)=O)CC(=O)/C=C/C(=O)O. The second kappa shape index (κ2) is 6.49. The molecule has 0 aliphatic rings. The molecule has 0 aliphatic heterocycles. The Balaban J connectivity index is 4.40. The number of hydrogen-bond acceptors (Lipinski definition) is 4.